The van der Waals surface area contributed by atoms with Gasteiger partial charge in [-0.25, -0.2) is 4.68 Å². The summed E-state index contributed by atoms with van der Waals surface area (Å²) in [5.74, 6) is 1.75. The highest BCUT2D eigenvalue weighted by molar-refractivity contribution is 7.98. The number of nitrogens with zero attached hydrogens (tertiary/aromatic N) is 3. The number of thioether (sulfide) groups is 1. The Morgan fingerprint density at radius 3 is 2.61 bits per heavy atom. The van der Waals surface area contributed by atoms with Gasteiger partial charge in [-0.15, -0.1) is 5.10 Å². The lowest BCUT2D eigenvalue weighted by atomic mass is 9.85. The van der Waals surface area contributed by atoms with Gasteiger partial charge in [-0.2, -0.15) is 4.98 Å². The smallest absolute Gasteiger partial charge is 0.227 e. The molecule has 158 valence electrons. The predicted octanol–water partition coefficient (Wildman–Crippen LogP) is 5.52. The van der Waals surface area contributed by atoms with Gasteiger partial charge in [0, 0.05) is 23.4 Å². The van der Waals surface area contributed by atoms with Crippen LogP contribution >= 0.6 is 11.8 Å². The molecule has 0 fully saturated rings. The lowest BCUT2D eigenvalue weighted by molar-refractivity contribution is -0.116. The quantitative estimate of drug-likeness (QED) is 0.553. The Kier molecular flexibility index (Phi) is 5.18. The molecule has 0 amide bonds. The zero-order valence-corrected chi connectivity index (χ0v) is 18.9. The van der Waals surface area contributed by atoms with Crippen molar-refractivity contribution >= 4 is 23.5 Å². The number of anilines is 1. The van der Waals surface area contributed by atoms with Crippen LogP contribution in [0.15, 0.2) is 58.9 Å². The van der Waals surface area contributed by atoms with Crippen LogP contribution in [-0.4, -0.2) is 20.5 Å². The van der Waals surface area contributed by atoms with Gasteiger partial charge >= 0.3 is 0 Å². The first-order chi connectivity index (χ1) is 15.0. The van der Waals surface area contributed by atoms with E-state index in [9.17, 15) is 4.79 Å². The maximum absolute atomic E-state index is 12.9. The van der Waals surface area contributed by atoms with E-state index in [1.54, 1.807) is 11.8 Å². The van der Waals surface area contributed by atoms with Crippen LogP contribution in [0.25, 0.3) is 0 Å². The minimum absolute atomic E-state index is 0.213. The van der Waals surface area contributed by atoms with Gasteiger partial charge in [0.15, 0.2) is 5.78 Å². The molecule has 1 N–H and O–H groups in total. The van der Waals surface area contributed by atoms with Crippen molar-refractivity contribution in [1.29, 1.82) is 0 Å². The summed E-state index contributed by atoms with van der Waals surface area (Å²) in [6.45, 7) is 6.33. The summed E-state index contributed by atoms with van der Waals surface area (Å²) in [6.07, 6.45) is 2.36. The molecule has 0 unspecified atom stereocenters. The molecule has 0 radical (unpaired) electrons. The van der Waals surface area contributed by atoms with Crippen molar-refractivity contribution in [3.05, 3.63) is 81.6 Å². The molecule has 0 spiro atoms. The molecule has 0 bridgehead atoms. The average Bonchev–Trinajstić information content (AvgIpc) is 3.15. The monoisotopic (exact) mass is 430 g/mol. The van der Waals surface area contributed by atoms with Crippen LogP contribution in [0.3, 0.4) is 0 Å². The molecule has 0 saturated heterocycles. The average molecular weight is 431 g/mol. The van der Waals surface area contributed by atoms with Crippen LogP contribution in [-0.2, 0) is 10.5 Å². The van der Waals surface area contributed by atoms with Crippen molar-refractivity contribution in [2.45, 2.75) is 57.0 Å². The highest BCUT2D eigenvalue weighted by Crippen LogP contribution is 2.40. The van der Waals surface area contributed by atoms with Crippen molar-refractivity contribution in [2.24, 2.45) is 0 Å². The molecule has 3 aromatic rings. The molecule has 2 aliphatic rings. The number of carbonyl (C=O) groups is 1. The fourth-order valence-corrected chi connectivity index (χ4v) is 5.31. The molecule has 1 atom stereocenters. The van der Waals surface area contributed by atoms with Gasteiger partial charge in [0.2, 0.25) is 11.1 Å². The van der Waals surface area contributed by atoms with Crippen LogP contribution in [0, 0.1) is 20.8 Å². The number of hydrogen-bond acceptors (Lipinski definition) is 5. The lowest BCUT2D eigenvalue weighted by Gasteiger charge is -2.32. The summed E-state index contributed by atoms with van der Waals surface area (Å²) in [4.78, 5) is 17.7. The summed E-state index contributed by atoms with van der Waals surface area (Å²) in [5.41, 5.74) is 7.98. The molecule has 31 heavy (non-hydrogen) atoms. The Balaban J connectivity index is 1.49. The third kappa shape index (κ3) is 3.81. The van der Waals surface area contributed by atoms with Crippen molar-refractivity contribution in [3.8, 4) is 0 Å². The molecule has 5 nitrogen and oxygen atoms in total. The first kappa shape index (κ1) is 20.1. The molecule has 1 aliphatic heterocycles. The van der Waals surface area contributed by atoms with E-state index in [1.807, 2.05) is 4.68 Å². The van der Waals surface area contributed by atoms with Crippen molar-refractivity contribution in [1.82, 2.24) is 14.8 Å². The number of benzene rings is 2. The number of nitrogens with one attached hydrogen (secondary N) is 1. The SMILES string of the molecule is Cc1ccc([C@H]2C3=C(CCCC3=O)Nc3nc(SCc4ccc(C)cc4C)nn32)cc1. The zero-order valence-electron chi connectivity index (χ0n) is 18.1. The van der Waals surface area contributed by atoms with Crippen LogP contribution in [0.2, 0.25) is 0 Å². The number of ketones is 1. The molecular weight excluding hydrogens is 404 g/mol. The van der Waals surface area contributed by atoms with Gasteiger partial charge < -0.3 is 5.32 Å². The summed E-state index contributed by atoms with van der Waals surface area (Å²) < 4.78 is 1.90. The lowest BCUT2D eigenvalue weighted by Crippen LogP contribution is -2.31. The minimum atomic E-state index is -0.220. The van der Waals surface area contributed by atoms with Crippen LogP contribution in [0.1, 0.15) is 53.1 Å². The van der Waals surface area contributed by atoms with Gasteiger partial charge in [0.05, 0.1) is 0 Å². The molecule has 6 heteroatoms. The Bertz CT molecular complexity index is 1190. The molecule has 1 aromatic heterocycles. The normalized spacial score (nSPS) is 17.9. The first-order valence-corrected chi connectivity index (χ1v) is 11.7. The zero-order chi connectivity index (χ0) is 21.5. The number of aryl methyl sites for hydroxylation is 3. The molecule has 2 aromatic carbocycles. The van der Waals surface area contributed by atoms with E-state index >= 15 is 0 Å². The Morgan fingerprint density at radius 1 is 1.06 bits per heavy atom. The second-order valence-electron chi connectivity index (χ2n) is 8.49. The van der Waals surface area contributed by atoms with E-state index in [4.69, 9.17) is 10.1 Å². The number of aromatic nitrogens is 3. The molecule has 0 saturated carbocycles. The summed E-state index contributed by atoms with van der Waals surface area (Å²) in [6, 6.07) is 14.7. The maximum atomic E-state index is 12.9. The third-order valence-corrected chi connectivity index (χ3v) is 6.98. The third-order valence-electron chi connectivity index (χ3n) is 6.10. The molecular formula is C25H26N4OS. The first-order valence-electron chi connectivity index (χ1n) is 10.7. The Hall–Kier alpha value is -2.86. The van der Waals surface area contributed by atoms with E-state index in [1.165, 1.54) is 22.3 Å². The van der Waals surface area contributed by atoms with Crippen LogP contribution < -0.4 is 5.32 Å². The fraction of sp³-hybridized carbons (Fsp3) is 0.320. The van der Waals surface area contributed by atoms with E-state index in [0.717, 1.165) is 46.5 Å². The van der Waals surface area contributed by atoms with Gasteiger partial charge in [-0.05, 0) is 50.3 Å². The Labute approximate surface area is 187 Å². The number of allylic oxidation sites excluding steroid dienone is 2. The summed E-state index contributed by atoms with van der Waals surface area (Å²) >= 11 is 1.63. The number of rotatable bonds is 4. The van der Waals surface area contributed by atoms with Crippen molar-refractivity contribution in [3.63, 3.8) is 0 Å². The number of fused-ring (bicyclic) bond motifs is 1. The summed E-state index contributed by atoms with van der Waals surface area (Å²) in [5, 5.41) is 8.98. The van der Waals surface area contributed by atoms with Crippen LogP contribution in [0.5, 0.6) is 0 Å². The topological polar surface area (TPSA) is 59.8 Å². The van der Waals surface area contributed by atoms with E-state index < -0.39 is 0 Å². The molecule has 5 rings (SSSR count). The second-order valence-corrected chi connectivity index (χ2v) is 9.43. The molecule has 2 heterocycles. The maximum Gasteiger partial charge on any atom is 0.227 e. The second kappa shape index (κ2) is 8.00. The van der Waals surface area contributed by atoms with Gasteiger partial charge in [-0.1, -0.05) is 65.4 Å². The largest absolute Gasteiger partial charge is 0.328 e. The number of hydrogen-bond donors (Lipinski definition) is 1. The van der Waals surface area contributed by atoms with E-state index in [2.05, 4.69) is 68.6 Å². The van der Waals surface area contributed by atoms with Crippen LogP contribution in [0.4, 0.5) is 5.95 Å². The predicted molar refractivity (Wildman–Crippen MR) is 124 cm³/mol. The standard InChI is InChI=1S/C25H26N4OS/c1-15-7-10-18(11-8-15)23-22-20(5-4-6-21(22)30)26-24-27-25(28-29(23)24)31-14-19-12-9-16(2)13-17(19)3/h7-13,23H,4-6,14H2,1-3H3,(H,26,27,28)/t23-/m0/s1. The molecule has 1 aliphatic carbocycles. The highest BCUT2D eigenvalue weighted by Gasteiger charge is 2.36. The number of Topliss-reactive ketones (excluding diaryl/α,β-unsaturated/α-hetero) is 1. The van der Waals surface area contributed by atoms with E-state index in [0.29, 0.717) is 6.42 Å². The van der Waals surface area contributed by atoms with Crippen molar-refractivity contribution < 1.29 is 4.79 Å². The number of carbonyl (C=O) groups excluding carboxylic acids is 1. The van der Waals surface area contributed by atoms with Gasteiger partial charge in [-0.3, -0.25) is 4.79 Å². The minimum Gasteiger partial charge on any atom is -0.328 e. The van der Waals surface area contributed by atoms with E-state index in [-0.39, 0.29) is 11.8 Å². The van der Waals surface area contributed by atoms with Gasteiger partial charge in [0.1, 0.15) is 6.04 Å². The van der Waals surface area contributed by atoms with Crippen molar-refractivity contribution in [2.75, 3.05) is 5.32 Å². The Morgan fingerprint density at radius 2 is 1.84 bits per heavy atom. The van der Waals surface area contributed by atoms with Gasteiger partial charge in [0.25, 0.3) is 0 Å². The fourth-order valence-electron chi connectivity index (χ4n) is 4.40. The summed E-state index contributed by atoms with van der Waals surface area (Å²) in [7, 11) is 0. The highest BCUT2D eigenvalue weighted by atomic mass is 32.2.